The monoisotopic (exact) mass is 270 g/mol. The first-order chi connectivity index (χ1) is 9.19. The van der Waals surface area contributed by atoms with Crippen molar-refractivity contribution in [3.63, 3.8) is 0 Å². The maximum absolute atomic E-state index is 5.00. The Labute approximate surface area is 123 Å². The zero-order valence-electron chi connectivity index (χ0n) is 13.6. The standard InChI is InChI=1S/C18H26N2/c1-17(2,3)14-7-8-15(18(4,5)6)20-16(14)13-9-11-19-12-10-13/h7-9,12H,10-11H2,1-6H3. The molecule has 1 aromatic rings. The molecule has 0 radical (unpaired) electrons. The zero-order valence-corrected chi connectivity index (χ0v) is 13.6. The minimum atomic E-state index is 0.0779. The SMILES string of the molecule is CC(C)(C)c1ccc(C(C)(C)C)c(C2=CCN=CC2)n1. The predicted molar refractivity (Wildman–Crippen MR) is 87.6 cm³/mol. The van der Waals surface area contributed by atoms with Crippen molar-refractivity contribution in [1.82, 2.24) is 4.98 Å². The molecule has 0 aliphatic carbocycles. The molecule has 0 spiro atoms. The summed E-state index contributed by atoms with van der Waals surface area (Å²) in [5.41, 5.74) is 5.14. The van der Waals surface area contributed by atoms with Crippen molar-refractivity contribution in [2.45, 2.75) is 58.8 Å². The summed E-state index contributed by atoms with van der Waals surface area (Å²) in [4.78, 5) is 9.29. The Morgan fingerprint density at radius 2 is 1.65 bits per heavy atom. The molecule has 2 heteroatoms. The molecule has 0 saturated heterocycles. The number of hydrogen-bond acceptors (Lipinski definition) is 2. The average Bonchev–Trinajstić information content (AvgIpc) is 2.37. The van der Waals surface area contributed by atoms with Gasteiger partial charge in [-0.1, -0.05) is 53.7 Å². The van der Waals surface area contributed by atoms with Crippen LogP contribution in [0.4, 0.5) is 0 Å². The Hall–Kier alpha value is -1.44. The van der Waals surface area contributed by atoms with Crippen molar-refractivity contribution >= 4 is 11.8 Å². The fourth-order valence-electron chi connectivity index (χ4n) is 2.40. The molecule has 0 unspecified atom stereocenters. The van der Waals surface area contributed by atoms with E-state index in [-0.39, 0.29) is 10.8 Å². The second-order valence-corrected chi connectivity index (χ2v) is 7.57. The second-order valence-electron chi connectivity index (χ2n) is 7.57. The molecule has 0 bridgehead atoms. The van der Waals surface area contributed by atoms with Gasteiger partial charge in [-0.25, -0.2) is 0 Å². The molecule has 20 heavy (non-hydrogen) atoms. The van der Waals surface area contributed by atoms with Gasteiger partial charge in [-0.3, -0.25) is 9.98 Å². The normalized spacial score (nSPS) is 16.2. The molecule has 2 nitrogen and oxygen atoms in total. The lowest BCUT2D eigenvalue weighted by Crippen LogP contribution is -2.20. The van der Waals surface area contributed by atoms with Crippen LogP contribution in [0.3, 0.4) is 0 Å². The van der Waals surface area contributed by atoms with Crippen LogP contribution in [0.2, 0.25) is 0 Å². The molecule has 0 N–H and O–H groups in total. The summed E-state index contributed by atoms with van der Waals surface area (Å²) in [5.74, 6) is 0. The van der Waals surface area contributed by atoms with Crippen LogP contribution < -0.4 is 0 Å². The minimum Gasteiger partial charge on any atom is -0.293 e. The molecular weight excluding hydrogens is 244 g/mol. The van der Waals surface area contributed by atoms with Gasteiger partial charge in [-0.2, -0.15) is 0 Å². The van der Waals surface area contributed by atoms with E-state index in [4.69, 9.17) is 4.98 Å². The second kappa shape index (κ2) is 5.16. The van der Waals surface area contributed by atoms with Crippen LogP contribution >= 0.6 is 0 Å². The van der Waals surface area contributed by atoms with Gasteiger partial charge in [0.05, 0.1) is 12.2 Å². The van der Waals surface area contributed by atoms with Gasteiger partial charge in [0.25, 0.3) is 0 Å². The van der Waals surface area contributed by atoms with Gasteiger partial charge in [-0.15, -0.1) is 0 Å². The molecule has 1 aliphatic rings. The van der Waals surface area contributed by atoms with Crippen molar-refractivity contribution in [3.05, 3.63) is 35.2 Å². The summed E-state index contributed by atoms with van der Waals surface area (Å²) in [6, 6.07) is 4.44. The number of aliphatic imine (C=N–C) groups is 1. The highest BCUT2D eigenvalue weighted by atomic mass is 14.8. The Morgan fingerprint density at radius 1 is 0.950 bits per heavy atom. The highest BCUT2D eigenvalue weighted by molar-refractivity contribution is 5.81. The average molecular weight is 270 g/mol. The summed E-state index contributed by atoms with van der Waals surface area (Å²) >= 11 is 0. The van der Waals surface area contributed by atoms with Crippen molar-refractivity contribution in [2.24, 2.45) is 4.99 Å². The van der Waals surface area contributed by atoms with E-state index < -0.39 is 0 Å². The van der Waals surface area contributed by atoms with E-state index in [0.717, 1.165) is 24.4 Å². The van der Waals surface area contributed by atoms with Gasteiger partial charge < -0.3 is 0 Å². The molecule has 2 heterocycles. The summed E-state index contributed by atoms with van der Waals surface area (Å²) in [6.45, 7) is 14.2. The summed E-state index contributed by atoms with van der Waals surface area (Å²) in [7, 11) is 0. The van der Waals surface area contributed by atoms with E-state index in [1.807, 2.05) is 6.21 Å². The molecule has 1 aromatic heterocycles. The fourth-order valence-corrected chi connectivity index (χ4v) is 2.40. The Kier molecular flexibility index (Phi) is 3.86. The summed E-state index contributed by atoms with van der Waals surface area (Å²) in [6.07, 6.45) is 5.11. The highest BCUT2D eigenvalue weighted by Gasteiger charge is 2.24. The molecule has 0 fully saturated rings. The first-order valence-electron chi connectivity index (χ1n) is 7.39. The fraction of sp³-hybridized carbons (Fsp3) is 0.556. The highest BCUT2D eigenvalue weighted by Crippen LogP contribution is 2.33. The first-order valence-corrected chi connectivity index (χ1v) is 7.39. The van der Waals surface area contributed by atoms with Gasteiger partial charge >= 0.3 is 0 Å². The minimum absolute atomic E-state index is 0.0779. The van der Waals surface area contributed by atoms with Gasteiger partial charge in [0, 0.05) is 23.7 Å². The number of allylic oxidation sites excluding steroid dienone is 1. The lowest BCUT2D eigenvalue weighted by Gasteiger charge is -2.27. The van der Waals surface area contributed by atoms with Crippen molar-refractivity contribution in [2.75, 3.05) is 6.54 Å². The van der Waals surface area contributed by atoms with E-state index in [1.165, 1.54) is 11.1 Å². The third kappa shape index (κ3) is 3.17. The van der Waals surface area contributed by atoms with E-state index in [9.17, 15) is 0 Å². The number of dihydropyridines is 1. The Bertz CT molecular complexity index is 552. The topological polar surface area (TPSA) is 25.2 Å². The third-order valence-corrected chi connectivity index (χ3v) is 3.66. The van der Waals surface area contributed by atoms with Crippen LogP contribution in [0, 0.1) is 0 Å². The Morgan fingerprint density at radius 3 is 2.15 bits per heavy atom. The molecule has 0 amide bonds. The van der Waals surface area contributed by atoms with Crippen LogP contribution in [-0.4, -0.2) is 17.7 Å². The maximum atomic E-state index is 5.00. The molecule has 1 aliphatic heterocycles. The summed E-state index contributed by atoms with van der Waals surface area (Å²) in [5, 5.41) is 0. The number of aromatic nitrogens is 1. The van der Waals surface area contributed by atoms with Crippen molar-refractivity contribution in [3.8, 4) is 0 Å². The van der Waals surface area contributed by atoms with Gasteiger partial charge in [0.2, 0.25) is 0 Å². The van der Waals surface area contributed by atoms with Gasteiger partial charge in [-0.05, 0) is 22.6 Å². The number of pyridine rings is 1. The van der Waals surface area contributed by atoms with Crippen LogP contribution in [0.1, 0.15) is 64.9 Å². The van der Waals surface area contributed by atoms with Crippen molar-refractivity contribution < 1.29 is 0 Å². The molecule has 0 atom stereocenters. The van der Waals surface area contributed by atoms with Gasteiger partial charge in [0.15, 0.2) is 0 Å². The molecular formula is C18H26N2. The number of hydrogen-bond donors (Lipinski definition) is 0. The smallest absolute Gasteiger partial charge is 0.0703 e. The van der Waals surface area contributed by atoms with E-state index in [0.29, 0.717) is 0 Å². The van der Waals surface area contributed by atoms with E-state index in [1.54, 1.807) is 0 Å². The third-order valence-electron chi connectivity index (χ3n) is 3.66. The van der Waals surface area contributed by atoms with E-state index >= 15 is 0 Å². The van der Waals surface area contributed by atoms with Crippen LogP contribution in [-0.2, 0) is 10.8 Å². The molecule has 0 saturated carbocycles. The first kappa shape index (κ1) is 15.0. The lowest BCUT2D eigenvalue weighted by molar-refractivity contribution is 0.554. The van der Waals surface area contributed by atoms with Crippen LogP contribution in [0.15, 0.2) is 23.2 Å². The van der Waals surface area contributed by atoms with Gasteiger partial charge in [0.1, 0.15) is 0 Å². The van der Waals surface area contributed by atoms with Crippen LogP contribution in [0.25, 0.3) is 5.57 Å². The zero-order chi connectivity index (χ0) is 15.0. The Balaban J connectivity index is 2.57. The molecule has 0 aromatic carbocycles. The summed E-state index contributed by atoms with van der Waals surface area (Å²) < 4.78 is 0. The number of rotatable bonds is 1. The largest absolute Gasteiger partial charge is 0.293 e. The quantitative estimate of drug-likeness (QED) is 0.735. The number of nitrogens with zero attached hydrogens (tertiary/aromatic N) is 2. The molecule has 108 valence electrons. The van der Waals surface area contributed by atoms with E-state index in [2.05, 4.69) is 64.7 Å². The van der Waals surface area contributed by atoms with Crippen LogP contribution in [0.5, 0.6) is 0 Å². The predicted octanol–water partition coefficient (Wildman–Crippen LogP) is 4.53. The maximum Gasteiger partial charge on any atom is 0.0703 e. The molecule has 2 rings (SSSR count). The lowest BCUT2D eigenvalue weighted by atomic mass is 9.82. The van der Waals surface area contributed by atoms with Crippen molar-refractivity contribution in [1.29, 1.82) is 0 Å².